The highest BCUT2D eigenvalue weighted by molar-refractivity contribution is 7.80. The average molecular weight is 381 g/mol. The van der Waals surface area contributed by atoms with Crippen molar-refractivity contribution < 1.29 is 13.9 Å². The number of carbonyl (C=O) groups is 1. The van der Waals surface area contributed by atoms with Gasteiger partial charge in [0.25, 0.3) is 5.91 Å². The van der Waals surface area contributed by atoms with Crippen molar-refractivity contribution in [3.8, 4) is 0 Å². The van der Waals surface area contributed by atoms with Crippen LogP contribution in [0.3, 0.4) is 0 Å². The second-order valence-corrected chi connectivity index (χ2v) is 6.37. The number of halogens is 1. The number of aromatic nitrogens is 1. The molecule has 1 aromatic carbocycles. The monoisotopic (exact) mass is 381 g/mol. The molecule has 10 heteroatoms. The molecule has 0 atom stereocenters. The van der Waals surface area contributed by atoms with Crippen LogP contribution < -0.4 is 21.1 Å². The Kier molecular flexibility index (Phi) is 5.74. The molecule has 0 aliphatic carbocycles. The highest BCUT2D eigenvalue weighted by atomic mass is 32.1. The summed E-state index contributed by atoms with van der Waals surface area (Å²) in [5.74, 6) is -0.860. The summed E-state index contributed by atoms with van der Waals surface area (Å²) in [7, 11) is 0. The number of nitrogens with one attached hydrogen (secondary N) is 3. The molecule has 0 saturated carbocycles. The Labute approximate surface area is 153 Å². The second-order valence-electron chi connectivity index (χ2n) is 5.13. The number of nitrogens with zero attached hydrogens (tertiary/aromatic N) is 2. The van der Waals surface area contributed by atoms with E-state index in [-0.39, 0.29) is 16.5 Å². The van der Waals surface area contributed by atoms with Gasteiger partial charge in [-0.2, -0.15) is 0 Å². The van der Waals surface area contributed by atoms with E-state index in [1.807, 2.05) is 0 Å². The highest BCUT2D eigenvalue weighted by Gasteiger charge is 2.17. The van der Waals surface area contributed by atoms with Gasteiger partial charge in [-0.25, -0.2) is 9.37 Å². The summed E-state index contributed by atoms with van der Waals surface area (Å²) in [5.41, 5.74) is 5.48. The minimum Gasteiger partial charge on any atom is -0.378 e. The number of para-hydroxylation sites is 1. The summed E-state index contributed by atoms with van der Waals surface area (Å²) in [6.07, 6.45) is 0. The van der Waals surface area contributed by atoms with E-state index < -0.39 is 11.7 Å². The first-order valence-corrected chi connectivity index (χ1v) is 8.82. The maximum absolute atomic E-state index is 13.5. The minimum atomic E-state index is -0.437. The molecular weight excluding hydrogens is 365 g/mol. The molecule has 0 radical (unpaired) electrons. The van der Waals surface area contributed by atoms with Crippen molar-refractivity contribution in [2.75, 3.05) is 36.5 Å². The maximum atomic E-state index is 13.5. The molecule has 1 aliphatic heterocycles. The van der Waals surface area contributed by atoms with E-state index >= 15 is 0 Å². The van der Waals surface area contributed by atoms with Gasteiger partial charge in [0, 0.05) is 18.5 Å². The van der Waals surface area contributed by atoms with E-state index in [9.17, 15) is 9.18 Å². The number of thiocarbonyl (C=S) groups is 1. The maximum Gasteiger partial charge on any atom is 0.289 e. The van der Waals surface area contributed by atoms with Gasteiger partial charge in [0.15, 0.2) is 10.2 Å². The van der Waals surface area contributed by atoms with Crippen molar-refractivity contribution in [1.82, 2.24) is 15.8 Å². The molecule has 2 aromatic rings. The van der Waals surface area contributed by atoms with Crippen molar-refractivity contribution in [3.05, 3.63) is 41.2 Å². The number of hydrazine groups is 1. The van der Waals surface area contributed by atoms with E-state index in [1.165, 1.54) is 17.4 Å². The number of rotatable bonds is 3. The minimum absolute atomic E-state index is 0.0714. The quantitative estimate of drug-likeness (QED) is 0.552. The van der Waals surface area contributed by atoms with E-state index in [2.05, 4.69) is 26.1 Å². The van der Waals surface area contributed by atoms with Crippen LogP contribution in [0.4, 0.5) is 15.2 Å². The zero-order valence-corrected chi connectivity index (χ0v) is 14.8. The zero-order valence-electron chi connectivity index (χ0n) is 13.1. The van der Waals surface area contributed by atoms with Gasteiger partial charge in [-0.15, -0.1) is 11.3 Å². The smallest absolute Gasteiger partial charge is 0.289 e. The molecule has 3 rings (SSSR count). The largest absolute Gasteiger partial charge is 0.378 e. The van der Waals surface area contributed by atoms with Gasteiger partial charge in [0.05, 0.1) is 18.9 Å². The molecule has 0 unspecified atom stereocenters. The molecule has 1 fully saturated rings. The Bertz CT molecular complexity index is 764. The van der Waals surface area contributed by atoms with Gasteiger partial charge in [-0.05, 0) is 24.4 Å². The zero-order chi connectivity index (χ0) is 17.6. The molecule has 0 bridgehead atoms. The van der Waals surface area contributed by atoms with Crippen LogP contribution in [-0.2, 0) is 4.74 Å². The molecule has 1 amide bonds. The molecule has 1 aliphatic rings. The van der Waals surface area contributed by atoms with Crippen LogP contribution in [0.1, 0.15) is 10.5 Å². The van der Waals surface area contributed by atoms with Crippen LogP contribution in [0.25, 0.3) is 0 Å². The van der Waals surface area contributed by atoms with E-state index in [0.717, 1.165) is 18.2 Å². The fourth-order valence-corrected chi connectivity index (χ4v) is 3.18. The van der Waals surface area contributed by atoms with Gasteiger partial charge in [-0.3, -0.25) is 15.6 Å². The van der Waals surface area contributed by atoms with Crippen molar-refractivity contribution in [1.29, 1.82) is 0 Å². The van der Waals surface area contributed by atoms with Crippen LogP contribution in [0.15, 0.2) is 29.6 Å². The molecule has 0 spiro atoms. The summed E-state index contributed by atoms with van der Waals surface area (Å²) in [6, 6.07) is 6.11. The summed E-state index contributed by atoms with van der Waals surface area (Å²) in [6.45, 7) is 2.81. The molecule has 2 heterocycles. The molecule has 7 nitrogen and oxygen atoms in total. The summed E-state index contributed by atoms with van der Waals surface area (Å²) >= 11 is 6.42. The number of hydrogen-bond acceptors (Lipinski definition) is 6. The van der Waals surface area contributed by atoms with Gasteiger partial charge in [0.1, 0.15) is 11.5 Å². The topological polar surface area (TPSA) is 78.5 Å². The predicted molar refractivity (Wildman–Crippen MR) is 98.4 cm³/mol. The van der Waals surface area contributed by atoms with Gasteiger partial charge in [0.2, 0.25) is 0 Å². The predicted octanol–water partition coefficient (Wildman–Crippen LogP) is 1.75. The Balaban J connectivity index is 1.51. The first-order valence-electron chi connectivity index (χ1n) is 7.53. The Morgan fingerprint density at radius 3 is 2.80 bits per heavy atom. The average Bonchev–Trinajstić information content (AvgIpc) is 3.13. The van der Waals surface area contributed by atoms with Crippen molar-refractivity contribution in [2.24, 2.45) is 0 Å². The van der Waals surface area contributed by atoms with Crippen LogP contribution >= 0.6 is 23.6 Å². The lowest BCUT2D eigenvalue weighted by Gasteiger charge is -2.25. The third-order valence-corrected chi connectivity index (χ3v) is 4.52. The summed E-state index contributed by atoms with van der Waals surface area (Å²) < 4.78 is 18.8. The first kappa shape index (κ1) is 17.5. The summed E-state index contributed by atoms with van der Waals surface area (Å²) in [4.78, 5) is 18.5. The third-order valence-electron chi connectivity index (χ3n) is 3.42. The molecule has 3 N–H and O–H groups in total. The lowest BCUT2D eigenvalue weighted by molar-refractivity contribution is 0.0940. The number of thiazole rings is 1. The van der Waals surface area contributed by atoms with Crippen molar-refractivity contribution in [2.45, 2.75) is 0 Å². The first-order chi connectivity index (χ1) is 12.1. The number of anilines is 2. The van der Waals surface area contributed by atoms with Crippen molar-refractivity contribution >= 4 is 45.4 Å². The van der Waals surface area contributed by atoms with E-state index in [4.69, 9.17) is 17.0 Å². The van der Waals surface area contributed by atoms with Gasteiger partial charge in [-0.1, -0.05) is 12.1 Å². The highest BCUT2D eigenvalue weighted by Crippen LogP contribution is 2.21. The Morgan fingerprint density at radius 2 is 2.04 bits per heavy atom. The van der Waals surface area contributed by atoms with Crippen molar-refractivity contribution in [3.63, 3.8) is 0 Å². The van der Waals surface area contributed by atoms with E-state index in [1.54, 1.807) is 23.6 Å². The number of morpholine rings is 1. The number of hydrogen-bond donors (Lipinski definition) is 3. The van der Waals surface area contributed by atoms with Crippen LogP contribution in [0, 0.1) is 5.82 Å². The summed E-state index contributed by atoms with van der Waals surface area (Å²) in [5, 5.41) is 5.19. The lowest BCUT2D eigenvalue weighted by atomic mass is 10.3. The molecule has 1 saturated heterocycles. The second kappa shape index (κ2) is 8.19. The number of benzene rings is 1. The van der Waals surface area contributed by atoms with E-state index in [0.29, 0.717) is 13.2 Å². The standard InChI is InChI=1S/C15H16FN5O2S2/c16-10-3-1-2-4-11(10)17-14(24)20-19-13(22)12-9-25-15(18-12)21-5-7-23-8-6-21/h1-4,9H,5-8H2,(H,19,22)(H2,17,20,24). The third kappa shape index (κ3) is 4.62. The lowest BCUT2D eigenvalue weighted by Crippen LogP contribution is -2.44. The van der Waals surface area contributed by atoms with Gasteiger partial charge < -0.3 is 15.0 Å². The molecule has 1 aromatic heterocycles. The van der Waals surface area contributed by atoms with Crippen LogP contribution in [-0.4, -0.2) is 42.3 Å². The Morgan fingerprint density at radius 1 is 1.28 bits per heavy atom. The number of carbonyl (C=O) groups excluding carboxylic acids is 1. The SMILES string of the molecule is O=C(NNC(=S)Nc1ccccc1F)c1csc(N2CCOCC2)n1. The van der Waals surface area contributed by atoms with Crippen LogP contribution in [0.2, 0.25) is 0 Å². The Hall–Kier alpha value is -2.30. The molecule has 132 valence electrons. The normalized spacial score (nSPS) is 14.0. The fourth-order valence-electron chi connectivity index (χ4n) is 2.16. The van der Waals surface area contributed by atoms with Gasteiger partial charge >= 0.3 is 0 Å². The number of amides is 1. The van der Waals surface area contributed by atoms with Crippen LogP contribution in [0.5, 0.6) is 0 Å². The molecule has 25 heavy (non-hydrogen) atoms. The molecular formula is C15H16FN5O2S2. The number of ether oxygens (including phenoxy) is 1. The fraction of sp³-hybridized carbons (Fsp3) is 0.267.